The molecule has 6 heteroatoms. The summed E-state index contributed by atoms with van der Waals surface area (Å²) in [5.41, 5.74) is -0.839. The molecule has 1 fully saturated rings. The number of carbonyl (C=O) groups is 2. The largest absolute Gasteiger partial charge is 0.481 e. The molecule has 1 N–H and O–H groups in total. The van der Waals surface area contributed by atoms with Gasteiger partial charge < -0.3 is 10.0 Å². The maximum Gasteiger partial charge on any atom is 0.311 e. The topological polar surface area (TPSA) is 57.6 Å². The zero-order chi connectivity index (χ0) is 17.0. The number of amides is 1. The predicted octanol–water partition coefficient (Wildman–Crippen LogP) is 3.27. The Bertz CT molecular complexity index is 593. The molecule has 1 saturated heterocycles. The minimum atomic E-state index is -0.839. The van der Waals surface area contributed by atoms with Crippen LogP contribution < -0.4 is 0 Å². The van der Waals surface area contributed by atoms with Crippen molar-refractivity contribution >= 4 is 23.6 Å². The van der Waals surface area contributed by atoms with Gasteiger partial charge in [0.15, 0.2) is 0 Å². The van der Waals surface area contributed by atoms with E-state index in [0.29, 0.717) is 23.6 Å². The summed E-state index contributed by atoms with van der Waals surface area (Å²) in [4.78, 5) is 26.0. The van der Waals surface area contributed by atoms with Gasteiger partial charge in [0, 0.05) is 30.2 Å². The van der Waals surface area contributed by atoms with Crippen LogP contribution in [0.2, 0.25) is 0 Å². The highest BCUT2D eigenvalue weighted by Crippen LogP contribution is 2.38. The van der Waals surface area contributed by atoms with Crippen LogP contribution in [0.15, 0.2) is 29.2 Å². The van der Waals surface area contributed by atoms with Crippen LogP contribution in [0.25, 0.3) is 0 Å². The zero-order valence-corrected chi connectivity index (χ0v) is 14.2. The molecule has 126 valence electrons. The van der Waals surface area contributed by atoms with Gasteiger partial charge in [0.25, 0.3) is 0 Å². The highest BCUT2D eigenvalue weighted by molar-refractivity contribution is 7.99. The molecule has 0 saturated carbocycles. The van der Waals surface area contributed by atoms with Gasteiger partial charge in [-0.15, -0.1) is 11.8 Å². The van der Waals surface area contributed by atoms with Gasteiger partial charge in [0.05, 0.1) is 5.41 Å². The van der Waals surface area contributed by atoms with Crippen molar-refractivity contribution in [3.8, 4) is 0 Å². The number of likely N-dealkylation sites (tertiary alicyclic amines) is 1. The van der Waals surface area contributed by atoms with E-state index in [1.165, 1.54) is 17.8 Å². The number of carboxylic acids is 1. The van der Waals surface area contributed by atoms with Crippen molar-refractivity contribution in [2.45, 2.75) is 31.6 Å². The van der Waals surface area contributed by atoms with Crippen molar-refractivity contribution in [1.29, 1.82) is 0 Å². The Balaban J connectivity index is 1.88. The lowest BCUT2D eigenvalue weighted by molar-refractivity contribution is -0.151. The van der Waals surface area contributed by atoms with Gasteiger partial charge in [-0.1, -0.05) is 26.0 Å². The van der Waals surface area contributed by atoms with Crippen molar-refractivity contribution in [3.63, 3.8) is 0 Å². The number of halogens is 1. The number of carbonyl (C=O) groups excluding carboxylic acids is 1. The van der Waals surface area contributed by atoms with Gasteiger partial charge in [-0.25, -0.2) is 4.39 Å². The van der Waals surface area contributed by atoms with E-state index < -0.39 is 11.4 Å². The summed E-state index contributed by atoms with van der Waals surface area (Å²) in [6, 6.07) is 6.48. The van der Waals surface area contributed by atoms with Crippen molar-refractivity contribution in [3.05, 3.63) is 30.1 Å². The summed E-state index contributed by atoms with van der Waals surface area (Å²) in [6.07, 6.45) is 0.777. The van der Waals surface area contributed by atoms with E-state index in [-0.39, 0.29) is 30.6 Å². The first-order chi connectivity index (χ1) is 10.9. The molecule has 0 aliphatic carbocycles. The van der Waals surface area contributed by atoms with Crippen LogP contribution in [0.4, 0.5) is 4.39 Å². The maximum atomic E-state index is 13.5. The van der Waals surface area contributed by atoms with Crippen molar-refractivity contribution in [1.82, 2.24) is 4.90 Å². The standard InChI is InChI=1S/C17H22FNO3S/c1-12(2)17(16(21)22)8-9-19(11-17)15(20)7-10-23-14-6-4-3-5-13(14)18/h3-6,12H,7-11H2,1-2H3,(H,21,22). The molecule has 4 nitrogen and oxygen atoms in total. The Labute approximate surface area is 140 Å². The fraction of sp³-hybridized carbons (Fsp3) is 0.529. The molecule has 1 aliphatic rings. The second-order valence-electron chi connectivity index (χ2n) is 6.21. The maximum absolute atomic E-state index is 13.5. The van der Waals surface area contributed by atoms with Gasteiger partial charge in [0.2, 0.25) is 5.91 Å². The number of nitrogens with zero attached hydrogens (tertiary/aromatic N) is 1. The van der Waals surface area contributed by atoms with E-state index in [0.717, 1.165) is 0 Å². The Morgan fingerprint density at radius 2 is 2.09 bits per heavy atom. The summed E-state index contributed by atoms with van der Waals surface area (Å²) in [6.45, 7) is 4.52. The highest BCUT2D eigenvalue weighted by atomic mass is 32.2. The minimum absolute atomic E-state index is 0.0226. The molecular formula is C17H22FNO3S. The summed E-state index contributed by atoms with van der Waals surface area (Å²) in [5.74, 6) is -0.708. The molecule has 1 unspecified atom stereocenters. The van der Waals surface area contributed by atoms with Crippen molar-refractivity contribution in [2.24, 2.45) is 11.3 Å². The molecule has 0 spiro atoms. The van der Waals surface area contributed by atoms with Crippen LogP contribution in [0.1, 0.15) is 26.7 Å². The third-order valence-corrected chi connectivity index (χ3v) is 5.65. The lowest BCUT2D eigenvalue weighted by atomic mass is 9.76. The quantitative estimate of drug-likeness (QED) is 0.808. The molecule has 1 atom stereocenters. The Kier molecular flexibility index (Phi) is 5.68. The molecule has 1 aliphatic heterocycles. The molecule has 0 aromatic heterocycles. The minimum Gasteiger partial charge on any atom is -0.481 e. The first-order valence-electron chi connectivity index (χ1n) is 7.75. The van der Waals surface area contributed by atoms with E-state index in [9.17, 15) is 19.1 Å². The van der Waals surface area contributed by atoms with Crippen LogP contribution in [0.3, 0.4) is 0 Å². The summed E-state index contributed by atoms with van der Waals surface area (Å²) in [7, 11) is 0. The van der Waals surface area contributed by atoms with Crippen LogP contribution in [-0.4, -0.2) is 40.7 Å². The van der Waals surface area contributed by atoms with Crippen molar-refractivity contribution in [2.75, 3.05) is 18.8 Å². The summed E-state index contributed by atoms with van der Waals surface area (Å²) < 4.78 is 13.5. The lowest BCUT2D eigenvalue weighted by Gasteiger charge is -2.28. The Morgan fingerprint density at radius 3 is 2.65 bits per heavy atom. The fourth-order valence-corrected chi connectivity index (χ4v) is 3.78. The van der Waals surface area contributed by atoms with Crippen LogP contribution in [0.5, 0.6) is 0 Å². The highest BCUT2D eigenvalue weighted by Gasteiger charge is 2.48. The van der Waals surface area contributed by atoms with Gasteiger partial charge in [0.1, 0.15) is 5.82 Å². The Hall–Kier alpha value is -1.56. The molecule has 1 heterocycles. The summed E-state index contributed by atoms with van der Waals surface area (Å²) in [5, 5.41) is 9.51. The molecule has 1 aromatic rings. The molecule has 0 radical (unpaired) electrons. The first kappa shape index (κ1) is 17.8. The fourth-order valence-electron chi connectivity index (χ4n) is 2.91. The SMILES string of the molecule is CC(C)C1(C(=O)O)CCN(C(=O)CCSc2ccccc2F)C1. The predicted molar refractivity (Wildman–Crippen MR) is 87.8 cm³/mol. The van der Waals surface area contributed by atoms with Gasteiger partial charge in [-0.05, 0) is 24.5 Å². The third kappa shape index (κ3) is 3.86. The number of hydrogen-bond acceptors (Lipinski definition) is 3. The van der Waals surface area contributed by atoms with Gasteiger partial charge in [-0.2, -0.15) is 0 Å². The number of thioether (sulfide) groups is 1. The average Bonchev–Trinajstić information content (AvgIpc) is 2.96. The molecule has 0 bridgehead atoms. The summed E-state index contributed by atoms with van der Waals surface area (Å²) >= 11 is 1.31. The Morgan fingerprint density at radius 1 is 1.39 bits per heavy atom. The second kappa shape index (κ2) is 7.34. The second-order valence-corrected chi connectivity index (χ2v) is 7.35. The van der Waals surface area contributed by atoms with Crippen LogP contribution >= 0.6 is 11.8 Å². The van der Waals surface area contributed by atoms with E-state index in [1.807, 2.05) is 13.8 Å². The molecule has 23 heavy (non-hydrogen) atoms. The molecular weight excluding hydrogens is 317 g/mol. The number of carboxylic acid groups (broad SMARTS) is 1. The van der Waals surface area contributed by atoms with E-state index in [1.54, 1.807) is 23.1 Å². The van der Waals surface area contributed by atoms with Gasteiger partial charge in [-0.3, -0.25) is 9.59 Å². The number of benzene rings is 1. The van der Waals surface area contributed by atoms with Crippen LogP contribution in [-0.2, 0) is 9.59 Å². The molecule has 1 amide bonds. The van der Waals surface area contributed by atoms with E-state index >= 15 is 0 Å². The third-order valence-electron chi connectivity index (χ3n) is 4.59. The monoisotopic (exact) mass is 339 g/mol. The molecule has 2 rings (SSSR count). The van der Waals surface area contributed by atoms with Gasteiger partial charge >= 0.3 is 5.97 Å². The number of aliphatic carboxylic acids is 1. The lowest BCUT2D eigenvalue weighted by Crippen LogP contribution is -2.40. The van der Waals surface area contributed by atoms with Crippen molar-refractivity contribution < 1.29 is 19.1 Å². The van der Waals surface area contributed by atoms with E-state index in [4.69, 9.17) is 0 Å². The van der Waals surface area contributed by atoms with E-state index in [2.05, 4.69) is 0 Å². The zero-order valence-electron chi connectivity index (χ0n) is 13.4. The first-order valence-corrected chi connectivity index (χ1v) is 8.74. The average molecular weight is 339 g/mol. The number of rotatable bonds is 6. The normalized spacial score (nSPS) is 21.0. The smallest absolute Gasteiger partial charge is 0.311 e. The molecule has 1 aromatic carbocycles. The van der Waals surface area contributed by atoms with Crippen LogP contribution in [0, 0.1) is 17.2 Å². The number of hydrogen-bond donors (Lipinski definition) is 1.